The highest BCUT2D eigenvalue weighted by atomic mass is 16.4. The first-order valence-corrected chi connectivity index (χ1v) is 4.03. The number of hydrogen-bond donors (Lipinski definition) is 2. The largest absolute Gasteiger partial charge is 0.480 e. The van der Waals surface area contributed by atoms with E-state index in [0.29, 0.717) is 12.0 Å². The van der Waals surface area contributed by atoms with Crippen molar-refractivity contribution in [2.45, 2.75) is 27.2 Å². The second-order valence-electron chi connectivity index (χ2n) is 2.93. The number of carboxylic acids is 2. The number of carboxylic acid groups (broad SMARTS) is 2. The summed E-state index contributed by atoms with van der Waals surface area (Å²) in [6.07, 6.45) is 0.670. The molecule has 0 spiro atoms. The molecule has 0 saturated carbocycles. The summed E-state index contributed by atoms with van der Waals surface area (Å²) in [7, 11) is 0. The molecule has 0 aromatic heterocycles. The summed E-state index contributed by atoms with van der Waals surface area (Å²) in [6.45, 7) is 5.15. The molecule has 0 heterocycles. The Morgan fingerprint density at radius 1 is 1.15 bits per heavy atom. The lowest BCUT2D eigenvalue weighted by Gasteiger charge is -2.10. The first kappa shape index (κ1) is 11.7. The van der Waals surface area contributed by atoms with E-state index in [1.165, 1.54) is 0 Å². The van der Waals surface area contributed by atoms with Crippen molar-refractivity contribution in [3.05, 3.63) is 11.1 Å². The molecule has 0 radical (unpaired) electrons. The molecule has 4 nitrogen and oxygen atoms in total. The normalized spacial score (nSPS) is 12.6. The molecule has 74 valence electrons. The molecule has 0 saturated heterocycles. The van der Waals surface area contributed by atoms with Crippen LogP contribution in [-0.4, -0.2) is 22.2 Å². The van der Waals surface area contributed by atoms with Crippen LogP contribution in [0.4, 0.5) is 0 Å². The number of carbonyl (C=O) groups is 2. The monoisotopic (exact) mass is 186 g/mol. The molecule has 0 fully saturated rings. The zero-order chi connectivity index (χ0) is 10.6. The van der Waals surface area contributed by atoms with Gasteiger partial charge in [0, 0.05) is 0 Å². The smallest absolute Gasteiger partial charge is 0.322 e. The molecule has 4 heteroatoms. The van der Waals surface area contributed by atoms with Gasteiger partial charge in [-0.15, -0.1) is 0 Å². The fourth-order valence-electron chi connectivity index (χ4n) is 1.00. The summed E-state index contributed by atoms with van der Waals surface area (Å²) >= 11 is 0. The highest BCUT2D eigenvalue weighted by molar-refractivity contribution is 5.96. The number of hydrogen-bond acceptors (Lipinski definition) is 2. The second-order valence-corrected chi connectivity index (χ2v) is 2.93. The minimum Gasteiger partial charge on any atom is -0.480 e. The van der Waals surface area contributed by atoms with E-state index in [2.05, 4.69) is 0 Å². The maximum atomic E-state index is 10.6. The van der Waals surface area contributed by atoms with E-state index >= 15 is 0 Å². The predicted molar refractivity (Wildman–Crippen MR) is 47.4 cm³/mol. The van der Waals surface area contributed by atoms with Crippen LogP contribution < -0.4 is 0 Å². The van der Waals surface area contributed by atoms with E-state index < -0.39 is 17.9 Å². The summed E-state index contributed by atoms with van der Waals surface area (Å²) in [4.78, 5) is 21.2. The third-order valence-electron chi connectivity index (χ3n) is 2.13. The molecule has 0 aliphatic rings. The zero-order valence-electron chi connectivity index (χ0n) is 8.00. The van der Waals surface area contributed by atoms with Crippen LogP contribution in [0.25, 0.3) is 0 Å². The van der Waals surface area contributed by atoms with Crippen LogP contribution >= 0.6 is 0 Å². The van der Waals surface area contributed by atoms with Crippen molar-refractivity contribution in [2.24, 2.45) is 5.92 Å². The Balaban J connectivity index is 4.97. The Bertz CT molecular complexity index is 238. The van der Waals surface area contributed by atoms with E-state index in [4.69, 9.17) is 10.2 Å². The van der Waals surface area contributed by atoms with Gasteiger partial charge in [0.1, 0.15) is 0 Å². The van der Waals surface area contributed by atoms with Crippen molar-refractivity contribution < 1.29 is 19.8 Å². The SMILES string of the molecule is CCC(C)=C(C)C(C(=O)O)C(=O)O. The maximum absolute atomic E-state index is 10.6. The van der Waals surface area contributed by atoms with Crippen LogP contribution in [0, 0.1) is 5.92 Å². The van der Waals surface area contributed by atoms with Crippen LogP contribution in [0.15, 0.2) is 11.1 Å². The lowest BCUT2D eigenvalue weighted by atomic mass is 9.95. The highest BCUT2D eigenvalue weighted by Gasteiger charge is 2.28. The van der Waals surface area contributed by atoms with Gasteiger partial charge in [0.2, 0.25) is 0 Å². The molecule has 0 aromatic carbocycles. The molecular weight excluding hydrogens is 172 g/mol. The Hall–Kier alpha value is -1.32. The molecule has 0 aromatic rings. The average molecular weight is 186 g/mol. The van der Waals surface area contributed by atoms with Gasteiger partial charge in [-0.2, -0.15) is 0 Å². The molecule has 0 bridgehead atoms. The Morgan fingerprint density at radius 2 is 1.54 bits per heavy atom. The van der Waals surface area contributed by atoms with Crippen LogP contribution in [0.5, 0.6) is 0 Å². The molecule has 0 aliphatic heterocycles. The van der Waals surface area contributed by atoms with Crippen molar-refractivity contribution in [1.82, 2.24) is 0 Å². The zero-order valence-corrected chi connectivity index (χ0v) is 8.00. The van der Waals surface area contributed by atoms with Gasteiger partial charge >= 0.3 is 11.9 Å². The number of allylic oxidation sites excluding steroid dienone is 1. The van der Waals surface area contributed by atoms with Gasteiger partial charge in [-0.25, -0.2) is 0 Å². The van der Waals surface area contributed by atoms with Gasteiger partial charge < -0.3 is 10.2 Å². The molecule has 0 rings (SSSR count). The first-order chi connectivity index (χ1) is 5.91. The third-order valence-corrected chi connectivity index (χ3v) is 2.13. The standard InChI is InChI=1S/C9H14O4/c1-4-5(2)6(3)7(8(10)11)9(12)13/h7H,4H2,1-3H3,(H,10,11)(H,12,13). The Morgan fingerprint density at radius 3 is 1.77 bits per heavy atom. The highest BCUT2D eigenvalue weighted by Crippen LogP contribution is 2.17. The van der Waals surface area contributed by atoms with E-state index in [-0.39, 0.29) is 0 Å². The molecule has 13 heavy (non-hydrogen) atoms. The summed E-state index contributed by atoms with van der Waals surface area (Å²) in [5.74, 6) is -4.02. The van der Waals surface area contributed by atoms with Crippen LogP contribution in [0.2, 0.25) is 0 Å². The fraction of sp³-hybridized carbons (Fsp3) is 0.556. The Labute approximate surface area is 76.9 Å². The lowest BCUT2D eigenvalue weighted by Crippen LogP contribution is -2.25. The van der Waals surface area contributed by atoms with Crippen molar-refractivity contribution in [1.29, 1.82) is 0 Å². The quantitative estimate of drug-likeness (QED) is 0.515. The number of aliphatic carboxylic acids is 2. The van der Waals surface area contributed by atoms with Gasteiger partial charge in [-0.05, 0) is 25.8 Å². The summed E-state index contributed by atoms with van der Waals surface area (Å²) in [6, 6.07) is 0. The van der Waals surface area contributed by atoms with Crippen molar-refractivity contribution in [3.63, 3.8) is 0 Å². The molecule has 0 unspecified atom stereocenters. The summed E-state index contributed by atoms with van der Waals surface area (Å²) in [5, 5.41) is 17.3. The second kappa shape index (κ2) is 4.64. The van der Waals surface area contributed by atoms with E-state index in [0.717, 1.165) is 5.57 Å². The van der Waals surface area contributed by atoms with E-state index in [1.54, 1.807) is 13.8 Å². The van der Waals surface area contributed by atoms with Gasteiger partial charge in [0.15, 0.2) is 5.92 Å². The van der Waals surface area contributed by atoms with E-state index in [9.17, 15) is 9.59 Å². The number of rotatable bonds is 4. The maximum Gasteiger partial charge on any atom is 0.322 e. The van der Waals surface area contributed by atoms with Crippen LogP contribution in [-0.2, 0) is 9.59 Å². The fourth-order valence-corrected chi connectivity index (χ4v) is 1.00. The van der Waals surface area contributed by atoms with Crippen molar-refractivity contribution in [3.8, 4) is 0 Å². The van der Waals surface area contributed by atoms with Crippen LogP contribution in [0.3, 0.4) is 0 Å². The molecular formula is C9H14O4. The van der Waals surface area contributed by atoms with Gasteiger partial charge in [0.05, 0.1) is 0 Å². The van der Waals surface area contributed by atoms with Gasteiger partial charge in [0.25, 0.3) is 0 Å². The minimum absolute atomic E-state index is 0.419. The predicted octanol–water partition coefficient (Wildman–Crippen LogP) is 1.52. The summed E-state index contributed by atoms with van der Waals surface area (Å²) in [5.41, 5.74) is 1.23. The third kappa shape index (κ3) is 2.89. The summed E-state index contributed by atoms with van der Waals surface area (Å²) < 4.78 is 0. The van der Waals surface area contributed by atoms with Crippen LogP contribution in [0.1, 0.15) is 27.2 Å². The lowest BCUT2D eigenvalue weighted by molar-refractivity contribution is -0.152. The van der Waals surface area contributed by atoms with Gasteiger partial charge in [-0.1, -0.05) is 12.5 Å². The molecule has 2 N–H and O–H groups in total. The molecule has 0 aliphatic carbocycles. The van der Waals surface area contributed by atoms with Crippen molar-refractivity contribution >= 4 is 11.9 Å². The van der Waals surface area contributed by atoms with Crippen molar-refractivity contribution in [2.75, 3.05) is 0 Å². The molecule has 0 atom stereocenters. The van der Waals surface area contributed by atoms with Gasteiger partial charge in [-0.3, -0.25) is 9.59 Å². The first-order valence-electron chi connectivity index (χ1n) is 4.03. The minimum atomic E-state index is -1.40. The topological polar surface area (TPSA) is 74.6 Å². The van der Waals surface area contributed by atoms with E-state index in [1.807, 2.05) is 6.92 Å². The Kier molecular flexibility index (Phi) is 4.17. The molecule has 0 amide bonds. The average Bonchev–Trinajstić information content (AvgIpc) is 2.01.